The predicted octanol–water partition coefficient (Wildman–Crippen LogP) is 4.21. The fourth-order valence-corrected chi connectivity index (χ4v) is 6.32. The number of benzene rings is 2. The standard InChI is InChI=1S/C21H20N4O3S3/c1-2-14-29-21-24-23-20(30-21)22-19(26)16-9-11-17(12-10-16)31(27,28)25-13-5-7-15-6-3-4-8-18(15)25/h2-4,6,8-12H,1,5,7,13-14H2,(H,22,23,26). The van der Waals surface area contributed by atoms with E-state index in [1.54, 1.807) is 6.08 Å². The van der Waals surface area contributed by atoms with E-state index in [1.807, 2.05) is 24.3 Å². The van der Waals surface area contributed by atoms with Gasteiger partial charge in [0.05, 0.1) is 10.6 Å². The number of aromatic nitrogens is 2. The summed E-state index contributed by atoms with van der Waals surface area (Å²) in [5, 5.41) is 11.0. The monoisotopic (exact) mass is 472 g/mol. The summed E-state index contributed by atoms with van der Waals surface area (Å²) in [7, 11) is -3.71. The molecular formula is C21H20N4O3S3. The van der Waals surface area contributed by atoms with Crippen molar-refractivity contribution in [3.63, 3.8) is 0 Å². The van der Waals surface area contributed by atoms with Gasteiger partial charge in [0.2, 0.25) is 5.13 Å². The lowest BCUT2D eigenvalue weighted by molar-refractivity contribution is 0.102. The summed E-state index contributed by atoms with van der Waals surface area (Å²) < 4.78 is 28.6. The zero-order valence-electron chi connectivity index (χ0n) is 16.5. The van der Waals surface area contributed by atoms with Gasteiger partial charge in [0.25, 0.3) is 15.9 Å². The average Bonchev–Trinajstić information content (AvgIpc) is 3.24. The molecule has 0 saturated heterocycles. The molecule has 0 unspecified atom stereocenters. The normalized spacial score (nSPS) is 13.5. The van der Waals surface area contributed by atoms with Gasteiger partial charge >= 0.3 is 0 Å². The summed E-state index contributed by atoms with van der Waals surface area (Å²) in [5.74, 6) is 0.337. The summed E-state index contributed by atoms with van der Waals surface area (Å²) in [4.78, 5) is 12.7. The van der Waals surface area contributed by atoms with Gasteiger partial charge in [-0.15, -0.1) is 16.8 Å². The fourth-order valence-electron chi connectivity index (χ4n) is 3.27. The number of aryl methyl sites for hydroxylation is 1. The molecule has 1 aromatic heterocycles. The first-order chi connectivity index (χ1) is 15.0. The Labute approximate surface area is 189 Å². The fraction of sp³-hybridized carbons (Fsp3) is 0.190. The molecule has 4 rings (SSSR count). The highest BCUT2D eigenvalue weighted by Gasteiger charge is 2.29. The molecule has 0 aliphatic carbocycles. The van der Waals surface area contributed by atoms with Crippen LogP contribution < -0.4 is 9.62 Å². The second kappa shape index (κ2) is 9.21. The molecule has 0 atom stereocenters. The second-order valence-electron chi connectivity index (χ2n) is 6.76. The number of hydrogen-bond acceptors (Lipinski definition) is 7. The van der Waals surface area contributed by atoms with Crippen molar-refractivity contribution < 1.29 is 13.2 Å². The van der Waals surface area contributed by atoms with Crippen molar-refractivity contribution in [3.8, 4) is 0 Å². The molecule has 0 spiro atoms. The molecule has 1 N–H and O–H groups in total. The molecule has 2 aromatic carbocycles. The smallest absolute Gasteiger partial charge is 0.264 e. The van der Waals surface area contributed by atoms with Crippen molar-refractivity contribution >= 4 is 49.8 Å². The Morgan fingerprint density at radius 2 is 1.97 bits per heavy atom. The molecule has 0 radical (unpaired) electrons. The molecule has 0 bridgehead atoms. The highest BCUT2D eigenvalue weighted by Crippen LogP contribution is 2.32. The summed E-state index contributed by atoms with van der Waals surface area (Å²) in [6, 6.07) is 13.5. The van der Waals surface area contributed by atoms with Crippen molar-refractivity contribution in [2.24, 2.45) is 0 Å². The maximum Gasteiger partial charge on any atom is 0.264 e. The first-order valence-corrected chi connectivity index (χ1v) is 12.8. The quantitative estimate of drug-likeness (QED) is 0.315. The van der Waals surface area contributed by atoms with Gasteiger partial charge in [-0.25, -0.2) is 8.42 Å². The number of anilines is 2. The van der Waals surface area contributed by atoms with Gasteiger partial charge in [0.1, 0.15) is 0 Å². The minimum Gasteiger partial charge on any atom is -0.296 e. The number of thioether (sulfide) groups is 1. The molecule has 1 aliphatic heterocycles. The number of carbonyl (C=O) groups is 1. The van der Waals surface area contributed by atoms with Crippen LogP contribution in [0.15, 0.2) is 70.4 Å². The lowest BCUT2D eigenvalue weighted by Crippen LogP contribution is -2.35. The third-order valence-corrected chi connectivity index (χ3v) is 8.52. The van der Waals surface area contributed by atoms with Crippen LogP contribution in [0.1, 0.15) is 22.3 Å². The number of carbonyl (C=O) groups excluding carboxylic acids is 1. The van der Waals surface area contributed by atoms with Crippen molar-refractivity contribution in [2.45, 2.75) is 22.1 Å². The number of fused-ring (bicyclic) bond motifs is 1. The van der Waals surface area contributed by atoms with Crippen LogP contribution in [0.5, 0.6) is 0 Å². The molecule has 1 aliphatic rings. The molecule has 7 nitrogen and oxygen atoms in total. The SMILES string of the molecule is C=CCSc1nnc(NC(=O)c2ccc(S(=O)(=O)N3CCCc4ccccc43)cc2)s1. The summed E-state index contributed by atoms with van der Waals surface area (Å²) in [6.45, 7) is 4.09. The molecule has 3 aromatic rings. The summed E-state index contributed by atoms with van der Waals surface area (Å²) in [6.07, 6.45) is 3.40. The number of nitrogens with zero attached hydrogens (tertiary/aromatic N) is 3. The minimum absolute atomic E-state index is 0.153. The Morgan fingerprint density at radius 1 is 1.19 bits per heavy atom. The highest BCUT2D eigenvalue weighted by atomic mass is 32.2. The van der Waals surface area contributed by atoms with Crippen molar-refractivity contribution in [3.05, 3.63) is 72.3 Å². The number of hydrogen-bond donors (Lipinski definition) is 1. The number of nitrogens with one attached hydrogen (secondary N) is 1. The Kier molecular flexibility index (Phi) is 6.40. The van der Waals surface area contributed by atoms with Crippen LogP contribution in [-0.2, 0) is 16.4 Å². The highest BCUT2D eigenvalue weighted by molar-refractivity contribution is 8.01. The van der Waals surface area contributed by atoms with Crippen molar-refractivity contribution in [2.75, 3.05) is 21.9 Å². The zero-order valence-corrected chi connectivity index (χ0v) is 19.0. The topological polar surface area (TPSA) is 92.3 Å². The van der Waals surface area contributed by atoms with Crippen LogP contribution >= 0.6 is 23.1 Å². The molecule has 2 heterocycles. The van der Waals surface area contributed by atoms with E-state index in [4.69, 9.17) is 0 Å². The molecule has 31 heavy (non-hydrogen) atoms. The van der Waals surface area contributed by atoms with Gasteiger partial charge in [0, 0.05) is 17.9 Å². The van der Waals surface area contributed by atoms with Crippen LogP contribution in [0, 0.1) is 0 Å². The van der Waals surface area contributed by atoms with Gasteiger partial charge in [0.15, 0.2) is 4.34 Å². The van der Waals surface area contributed by atoms with E-state index >= 15 is 0 Å². The van der Waals surface area contributed by atoms with Crippen LogP contribution in [-0.4, -0.2) is 36.8 Å². The van der Waals surface area contributed by atoms with E-state index in [0.29, 0.717) is 23.0 Å². The Hall–Kier alpha value is -2.69. The number of amides is 1. The molecule has 160 valence electrons. The lowest BCUT2D eigenvalue weighted by atomic mass is 10.0. The van der Waals surface area contributed by atoms with Crippen LogP contribution in [0.4, 0.5) is 10.8 Å². The maximum atomic E-state index is 13.2. The van der Waals surface area contributed by atoms with Crippen molar-refractivity contribution in [1.82, 2.24) is 10.2 Å². The van der Waals surface area contributed by atoms with Crippen LogP contribution in [0.3, 0.4) is 0 Å². The van der Waals surface area contributed by atoms with E-state index in [2.05, 4.69) is 22.1 Å². The van der Waals surface area contributed by atoms with E-state index in [-0.39, 0.29) is 10.8 Å². The van der Waals surface area contributed by atoms with Crippen LogP contribution in [0.25, 0.3) is 0 Å². The predicted molar refractivity (Wildman–Crippen MR) is 125 cm³/mol. The van der Waals surface area contributed by atoms with E-state index in [1.165, 1.54) is 51.7 Å². The number of rotatable bonds is 7. The van der Waals surface area contributed by atoms with Gasteiger partial charge in [-0.3, -0.25) is 14.4 Å². The first-order valence-electron chi connectivity index (χ1n) is 9.58. The third kappa shape index (κ3) is 4.65. The van der Waals surface area contributed by atoms with Gasteiger partial charge in [-0.05, 0) is 48.7 Å². The molecule has 1 amide bonds. The molecule has 10 heteroatoms. The minimum atomic E-state index is -3.71. The van der Waals surface area contributed by atoms with Crippen molar-refractivity contribution in [1.29, 1.82) is 0 Å². The van der Waals surface area contributed by atoms with E-state index in [0.717, 1.165) is 28.4 Å². The Morgan fingerprint density at radius 3 is 2.74 bits per heavy atom. The third-order valence-electron chi connectivity index (χ3n) is 4.72. The molecular weight excluding hydrogens is 452 g/mol. The number of sulfonamides is 1. The van der Waals surface area contributed by atoms with E-state index < -0.39 is 10.0 Å². The molecule has 0 saturated carbocycles. The van der Waals surface area contributed by atoms with Gasteiger partial charge < -0.3 is 0 Å². The van der Waals surface area contributed by atoms with Gasteiger partial charge in [-0.2, -0.15) is 0 Å². The average molecular weight is 473 g/mol. The van der Waals surface area contributed by atoms with Crippen LogP contribution in [0.2, 0.25) is 0 Å². The Balaban J connectivity index is 1.49. The first kappa shape index (κ1) is 21.5. The lowest BCUT2D eigenvalue weighted by Gasteiger charge is -2.30. The van der Waals surface area contributed by atoms with E-state index in [9.17, 15) is 13.2 Å². The summed E-state index contributed by atoms with van der Waals surface area (Å²) in [5.41, 5.74) is 2.08. The number of para-hydroxylation sites is 1. The molecule has 0 fully saturated rings. The second-order valence-corrected chi connectivity index (χ2v) is 10.9. The zero-order chi connectivity index (χ0) is 21.8. The largest absolute Gasteiger partial charge is 0.296 e. The Bertz CT molecular complexity index is 1210. The maximum absolute atomic E-state index is 13.2. The van der Waals surface area contributed by atoms with Gasteiger partial charge in [-0.1, -0.05) is 47.4 Å². The summed E-state index contributed by atoms with van der Waals surface area (Å²) >= 11 is 2.76.